The second kappa shape index (κ2) is 8.58. The average molecular weight is 513 g/mol. The first-order valence-electron chi connectivity index (χ1n) is 10.9. The van der Waals surface area contributed by atoms with E-state index < -0.39 is 29.4 Å². The van der Waals surface area contributed by atoms with Gasteiger partial charge in [0.15, 0.2) is 11.2 Å². The summed E-state index contributed by atoms with van der Waals surface area (Å²) in [7, 11) is 1.29. The van der Waals surface area contributed by atoms with Crippen molar-refractivity contribution in [3.63, 3.8) is 0 Å². The number of Topliss-reactive ketones (excluding diaryl/α,β-unsaturated/α-hetero) is 1. The van der Waals surface area contributed by atoms with E-state index in [1.54, 1.807) is 12.1 Å². The number of hydrogen-bond donors (Lipinski definition) is 0. The van der Waals surface area contributed by atoms with Crippen LogP contribution in [0.15, 0.2) is 89.5 Å². The molecule has 34 heavy (non-hydrogen) atoms. The van der Waals surface area contributed by atoms with Gasteiger partial charge in [-0.15, -0.1) is 0 Å². The van der Waals surface area contributed by atoms with Crippen LogP contribution in [-0.2, 0) is 9.53 Å². The fourth-order valence-corrected chi connectivity index (χ4v) is 5.67. The molecule has 1 saturated heterocycles. The molecule has 168 valence electrons. The van der Waals surface area contributed by atoms with Gasteiger partial charge >= 0.3 is 5.97 Å². The van der Waals surface area contributed by atoms with Gasteiger partial charge in [-0.1, -0.05) is 82.7 Å². The van der Waals surface area contributed by atoms with Crippen LogP contribution in [-0.4, -0.2) is 29.8 Å². The molecule has 2 aliphatic rings. The molecule has 1 fully saturated rings. The smallest absolute Gasteiger partial charge is 0.329 e. The molecule has 2 heterocycles. The Morgan fingerprint density at radius 2 is 1.68 bits per heavy atom. The number of hydrogen-bond acceptors (Lipinski definition) is 5. The zero-order chi connectivity index (χ0) is 23.9. The number of carbonyl (C=O) groups is 2. The number of halogens is 1. The van der Waals surface area contributed by atoms with Gasteiger partial charge in [0.1, 0.15) is 6.04 Å². The van der Waals surface area contributed by atoms with E-state index in [2.05, 4.69) is 22.0 Å². The molecular weight excluding hydrogens is 492 g/mol. The largest absolute Gasteiger partial charge is 0.468 e. The van der Waals surface area contributed by atoms with E-state index in [0.717, 1.165) is 21.2 Å². The summed E-state index contributed by atoms with van der Waals surface area (Å²) >= 11 is 3.46. The summed E-state index contributed by atoms with van der Waals surface area (Å²) in [4.78, 5) is 29.5. The van der Waals surface area contributed by atoms with Crippen molar-refractivity contribution < 1.29 is 14.3 Å². The van der Waals surface area contributed by atoms with Gasteiger partial charge in [-0.05, 0) is 34.9 Å². The minimum Gasteiger partial charge on any atom is -0.468 e. The highest BCUT2D eigenvalue weighted by Gasteiger charge is 2.67. The maximum atomic E-state index is 14.0. The summed E-state index contributed by atoms with van der Waals surface area (Å²) in [5.41, 5.74) is 1.35. The molecule has 5 rings (SSSR count). The minimum atomic E-state index is -1.64. The van der Waals surface area contributed by atoms with E-state index in [9.17, 15) is 14.9 Å². The first kappa shape index (κ1) is 22.1. The van der Waals surface area contributed by atoms with E-state index in [1.165, 1.54) is 7.11 Å². The van der Waals surface area contributed by atoms with Gasteiger partial charge in [-0.25, -0.2) is 0 Å². The molecule has 5 nitrogen and oxygen atoms in total. The van der Waals surface area contributed by atoms with E-state index in [-0.39, 0.29) is 5.78 Å². The van der Waals surface area contributed by atoms with Crippen molar-refractivity contribution in [2.24, 2.45) is 5.41 Å². The lowest BCUT2D eigenvalue weighted by atomic mass is 9.66. The first-order chi connectivity index (χ1) is 16.5. The molecule has 0 aromatic heterocycles. The standard InChI is InChI=1S/C28H21BrN2O3/c1-34-27(33)28(17-30)23(19-11-13-21(29)14-12-19)24(25(32)20-8-3-2-4-9-20)31-16-15-18-7-5-6-10-22(18)26(28)31/h2-16,23-24,26H,1H3/t23-,24+,26+,28-/m0/s1. The lowest BCUT2D eigenvalue weighted by molar-refractivity contribution is -0.151. The highest BCUT2D eigenvalue weighted by molar-refractivity contribution is 9.10. The van der Waals surface area contributed by atoms with Gasteiger partial charge in [-0.2, -0.15) is 5.26 Å². The van der Waals surface area contributed by atoms with Crippen molar-refractivity contribution >= 4 is 33.8 Å². The number of fused-ring (bicyclic) bond motifs is 3. The van der Waals surface area contributed by atoms with E-state index in [1.807, 2.05) is 83.9 Å². The fourth-order valence-electron chi connectivity index (χ4n) is 5.41. The second-order valence-corrected chi connectivity index (χ2v) is 9.39. The number of esters is 1. The molecular formula is C28H21BrN2O3. The van der Waals surface area contributed by atoms with Crippen LogP contribution >= 0.6 is 15.9 Å². The third kappa shape index (κ3) is 3.19. The molecule has 0 unspecified atom stereocenters. The van der Waals surface area contributed by atoms with Crippen LogP contribution in [0.4, 0.5) is 0 Å². The van der Waals surface area contributed by atoms with Crippen LogP contribution < -0.4 is 0 Å². The Balaban J connectivity index is 1.81. The predicted molar refractivity (Wildman–Crippen MR) is 132 cm³/mol. The topological polar surface area (TPSA) is 70.4 Å². The Morgan fingerprint density at radius 1 is 1.00 bits per heavy atom. The summed E-state index contributed by atoms with van der Waals surface area (Å²) < 4.78 is 6.13. The van der Waals surface area contributed by atoms with Crippen LogP contribution in [0.3, 0.4) is 0 Å². The van der Waals surface area contributed by atoms with Crippen LogP contribution in [0.25, 0.3) is 6.08 Å². The first-order valence-corrected chi connectivity index (χ1v) is 11.7. The molecule has 0 amide bonds. The summed E-state index contributed by atoms with van der Waals surface area (Å²) in [6.07, 6.45) is 3.77. The van der Waals surface area contributed by atoms with Crippen LogP contribution in [0.2, 0.25) is 0 Å². The maximum absolute atomic E-state index is 14.0. The molecule has 0 spiro atoms. The van der Waals surface area contributed by atoms with E-state index in [0.29, 0.717) is 5.56 Å². The van der Waals surface area contributed by atoms with Crippen LogP contribution in [0.5, 0.6) is 0 Å². The summed E-state index contributed by atoms with van der Waals surface area (Å²) in [6, 6.07) is 25.0. The van der Waals surface area contributed by atoms with Crippen molar-refractivity contribution in [1.82, 2.24) is 4.90 Å². The van der Waals surface area contributed by atoms with Crippen molar-refractivity contribution in [2.45, 2.75) is 18.0 Å². The molecule has 3 aromatic carbocycles. The number of nitriles is 1. The maximum Gasteiger partial charge on any atom is 0.329 e. The molecule has 0 radical (unpaired) electrons. The zero-order valence-electron chi connectivity index (χ0n) is 18.4. The highest BCUT2D eigenvalue weighted by Crippen LogP contribution is 2.60. The van der Waals surface area contributed by atoms with Crippen molar-refractivity contribution in [2.75, 3.05) is 7.11 Å². The Kier molecular flexibility index (Phi) is 5.59. The normalized spacial score (nSPS) is 24.6. The summed E-state index contributed by atoms with van der Waals surface area (Å²) in [5.74, 6) is -1.55. The number of nitrogens with zero attached hydrogens (tertiary/aromatic N) is 2. The molecule has 0 aliphatic carbocycles. The third-order valence-electron chi connectivity index (χ3n) is 6.84. The van der Waals surface area contributed by atoms with Gasteiger partial charge < -0.3 is 9.64 Å². The molecule has 0 bridgehead atoms. The van der Waals surface area contributed by atoms with Gasteiger partial charge in [0.2, 0.25) is 0 Å². The number of ketones is 1. The monoisotopic (exact) mass is 512 g/mol. The Morgan fingerprint density at radius 3 is 2.35 bits per heavy atom. The van der Waals surface area contributed by atoms with Crippen molar-refractivity contribution in [1.29, 1.82) is 5.26 Å². The Hall–Kier alpha value is -3.69. The predicted octanol–water partition coefficient (Wildman–Crippen LogP) is 5.51. The quantitative estimate of drug-likeness (QED) is 0.340. The van der Waals surface area contributed by atoms with Gasteiger partial charge in [0.25, 0.3) is 0 Å². The van der Waals surface area contributed by atoms with E-state index >= 15 is 0 Å². The third-order valence-corrected chi connectivity index (χ3v) is 7.37. The number of rotatable bonds is 4. The van der Waals surface area contributed by atoms with Gasteiger partial charge in [-0.3, -0.25) is 9.59 Å². The second-order valence-electron chi connectivity index (χ2n) is 8.47. The van der Waals surface area contributed by atoms with E-state index in [4.69, 9.17) is 4.74 Å². The Bertz CT molecular complexity index is 1330. The fraction of sp³-hybridized carbons (Fsp3) is 0.179. The van der Waals surface area contributed by atoms with Crippen molar-refractivity contribution in [3.8, 4) is 6.07 Å². The lowest BCUT2D eigenvalue weighted by Gasteiger charge is -2.36. The minimum absolute atomic E-state index is 0.149. The van der Waals surface area contributed by atoms with Crippen LogP contribution in [0.1, 0.15) is 39.0 Å². The zero-order valence-corrected chi connectivity index (χ0v) is 20.0. The number of methoxy groups -OCH3 is 1. The molecule has 6 heteroatoms. The molecule has 3 aromatic rings. The van der Waals surface area contributed by atoms with Gasteiger partial charge in [0.05, 0.1) is 19.2 Å². The number of ether oxygens (including phenoxy) is 1. The summed E-state index contributed by atoms with van der Waals surface area (Å²) in [6.45, 7) is 0. The van der Waals surface area contributed by atoms with Gasteiger partial charge in [0, 0.05) is 22.2 Å². The highest BCUT2D eigenvalue weighted by atomic mass is 79.9. The SMILES string of the molecule is COC(=O)[C@@]1(C#N)[C@@H](c2ccc(Br)cc2)[C@H](C(=O)c2ccccc2)N2C=Cc3ccccc3[C@@H]21. The molecule has 0 N–H and O–H groups in total. The number of carbonyl (C=O) groups excluding carboxylic acids is 2. The van der Waals surface area contributed by atoms with Crippen molar-refractivity contribution in [3.05, 3.63) is 112 Å². The average Bonchev–Trinajstić information content (AvgIpc) is 3.20. The Labute approximate surface area is 206 Å². The molecule has 2 aliphatic heterocycles. The van der Waals surface area contributed by atoms with Crippen LogP contribution in [0, 0.1) is 16.7 Å². The molecule has 4 atom stereocenters. The lowest BCUT2D eigenvalue weighted by Crippen LogP contribution is -2.41. The number of benzene rings is 3. The molecule has 0 saturated carbocycles. The summed E-state index contributed by atoms with van der Waals surface area (Å²) in [5, 5.41) is 10.7.